The smallest absolute Gasteiger partial charge is 0.254 e. The Kier molecular flexibility index (Phi) is 6.38. The third-order valence-corrected chi connectivity index (χ3v) is 10.6. The van der Waals surface area contributed by atoms with E-state index in [9.17, 15) is 4.79 Å². The molecule has 0 radical (unpaired) electrons. The van der Waals surface area contributed by atoms with Crippen LogP contribution in [0.2, 0.25) is 5.02 Å². The van der Waals surface area contributed by atoms with Crippen LogP contribution in [0.15, 0.2) is 42.6 Å². The molecular formula is C34H36ClN7O2. The summed E-state index contributed by atoms with van der Waals surface area (Å²) in [5.74, 6) is 4.06. The lowest BCUT2D eigenvalue weighted by Gasteiger charge is -2.27. The molecule has 1 saturated heterocycles. The van der Waals surface area contributed by atoms with Gasteiger partial charge in [0.15, 0.2) is 5.82 Å². The number of rotatable bonds is 7. The number of methoxy groups -OCH3 is 1. The Hall–Kier alpha value is -4.11. The number of anilines is 2. The van der Waals surface area contributed by atoms with Gasteiger partial charge in [-0.1, -0.05) is 18.5 Å². The number of likely N-dealkylation sites (tertiary alicyclic amines) is 1. The van der Waals surface area contributed by atoms with Crippen molar-refractivity contribution in [2.75, 3.05) is 19.0 Å². The fraction of sp³-hybridized carbons (Fsp3) is 0.412. The molecule has 3 fully saturated rings. The molecule has 3 atom stereocenters. The zero-order valence-corrected chi connectivity index (χ0v) is 26.2. The maximum absolute atomic E-state index is 13.8. The summed E-state index contributed by atoms with van der Waals surface area (Å²) in [6, 6.07) is 12.2. The normalized spacial score (nSPS) is 21.1. The molecule has 44 heavy (non-hydrogen) atoms. The van der Waals surface area contributed by atoms with Gasteiger partial charge in [0.25, 0.3) is 5.91 Å². The van der Waals surface area contributed by atoms with E-state index in [1.807, 2.05) is 38.2 Å². The molecule has 1 N–H and O–H groups in total. The highest BCUT2D eigenvalue weighted by Crippen LogP contribution is 2.44. The summed E-state index contributed by atoms with van der Waals surface area (Å²) in [5.41, 5.74) is 5.69. The summed E-state index contributed by atoms with van der Waals surface area (Å²) in [6.07, 6.45) is 6.48. The largest absolute Gasteiger partial charge is 0.494 e. The van der Waals surface area contributed by atoms with Crippen molar-refractivity contribution < 1.29 is 9.53 Å². The van der Waals surface area contributed by atoms with Crippen LogP contribution in [-0.2, 0) is 13.6 Å². The lowest BCUT2D eigenvalue weighted by atomic mass is 10.0. The van der Waals surface area contributed by atoms with E-state index in [1.165, 1.54) is 19.3 Å². The van der Waals surface area contributed by atoms with Gasteiger partial charge in [-0.2, -0.15) is 0 Å². The molecule has 2 saturated carbocycles. The van der Waals surface area contributed by atoms with Crippen LogP contribution in [0.4, 0.5) is 11.5 Å². The van der Waals surface area contributed by atoms with Crippen molar-refractivity contribution in [1.82, 2.24) is 29.0 Å². The van der Waals surface area contributed by atoms with Crippen LogP contribution in [0.1, 0.15) is 48.7 Å². The number of piperidine rings is 1. The van der Waals surface area contributed by atoms with Crippen molar-refractivity contribution in [3.05, 3.63) is 58.9 Å². The highest BCUT2D eigenvalue weighted by molar-refractivity contribution is 6.33. The minimum atomic E-state index is 0.0769. The second kappa shape index (κ2) is 10.2. The van der Waals surface area contributed by atoms with E-state index >= 15 is 0 Å². The molecule has 1 aliphatic heterocycles. The van der Waals surface area contributed by atoms with Crippen LogP contribution in [0.25, 0.3) is 33.6 Å². The van der Waals surface area contributed by atoms with Crippen LogP contribution >= 0.6 is 11.6 Å². The lowest BCUT2D eigenvalue weighted by molar-refractivity contribution is 0.0696. The molecule has 2 bridgehead atoms. The molecule has 5 aromatic rings. The number of nitrogens with zero attached hydrogens (tertiary/aromatic N) is 6. The molecule has 3 aliphatic rings. The predicted octanol–water partition coefficient (Wildman–Crippen LogP) is 6.98. The third-order valence-electron chi connectivity index (χ3n) is 10.1. The average Bonchev–Trinajstić information content (AvgIpc) is 3.43. The number of pyridine rings is 2. The summed E-state index contributed by atoms with van der Waals surface area (Å²) >= 11 is 6.52. The number of hydrogen-bond donors (Lipinski definition) is 1. The SMILES string of the molecule is COc1cc(C(=O)N2CC3CCC2C3C)cc2nc(-c3cc4ccc(Nc5ccnc(C)c5Cl)nc4n3CC3CC3)n(C)c12. The van der Waals surface area contributed by atoms with Gasteiger partial charge in [0.05, 0.1) is 34.7 Å². The summed E-state index contributed by atoms with van der Waals surface area (Å²) in [4.78, 5) is 30.3. The first kappa shape index (κ1) is 27.4. The standard InChI is InChI=1S/C34H36ClN7O2/c1-18-22-7-9-26(18)42(17-22)34(43)23-13-25-31(28(15-23)44-4)40(3)33(38-25)27-14-21-8-10-29(37-24-11-12-36-19(2)30(24)35)39-32(21)41(27)16-20-5-6-20/h8,10-15,18,20,22,26H,5-7,9,16-17H2,1-4H3,(H,36,37,39). The van der Waals surface area contributed by atoms with E-state index in [0.29, 0.717) is 45.9 Å². The Balaban J connectivity index is 1.21. The average molecular weight is 610 g/mol. The molecule has 3 unspecified atom stereocenters. The molecule has 2 aliphatic carbocycles. The number of ether oxygens (including phenoxy) is 1. The maximum Gasteiger partial charge on any atom is 0.254 e. The number of imidazole rings is 1. The third kappa shape index (κ3) is 4.35. The zero-order chi connectivity index (χ0) is 30.3. The van der Waals surface area contributed by atoms with Gasteiger partial charge in [-0.3, -0.25) is 9.78 Å². The summed E-state index contributed by atoms with van der Waals surface area (Å²) < 4.78 is 10.2. The molecule has 0 spiro atoms. The van der Waals surface area contributed by atoms with E-state index in [-0.39, 0.29) is 5.91 Å². The Bertz CT molecular complexity index is 1960. The number of halogens is 1. The van der Waals surface area contributed by atoms with Gasteiger partial charge < -0.3 is 24.1 Å². The molecule has 1 aromatic carbocycles. The highest BCUT2D eigenvalue weighted by atomic mass is 35.5. The van der Waals surface area contributed by atoms with Crippen LogP contribution in [0, 0.1) is 24.7 Å². The van der Waals surface area contributed by atoms with Gasteiger partial charge in [0.1, 0.15) is 22.7 Å². The number of aromatic nitrogens is 5. The topological polar surface area (TPSA) is 90.1 Å². The zero-order valence-electron chi connectivity index (χ0n) is 25.5. The van der Waals surface area contributed by atoms with Gasteiger partial charge in [-0.15, -0.1) is 0 Å². The number of nitrogens with one attached hydrogen (secondary N) is 1. The van der Waals surface area contributed by atoms with E-state index < -0.39 is 0 Å². The quantitative estimate of drug-likeness (QED) is 0.214. The Labute approximate surface area is 261 Å². The highest BCUT2D eigenvalue weighted by Gasteiger charge is 2.46. The molecule has 4 aromatic heterocycles. The number of carbonyl (C=O) groups excluding carboxylic acids is 1. The monoisotopic (exact) mass is 609 g/mol. The first-order valence-electron chi connectivity index (χ1n) is 15.5. The van der Waals surface area contributed by atoms with Gasteiger partial charge >= 0.3 is 0 Å². The fourth-order valence-electron chi connectivity index (χ4n) is 7.44. The van der Waals surface area contributed by atoms with E-state index in [1.54, 1.807) is 13.3 Å². The molecule has 5 heterocycles. The first-order valence-corrected chi connectivity index (χ1v) is 15.9. The van der Waals surface area contributed by atoms with Crippen molar-refractivity contribution >= 4 is 51.1 Å². The summed E-state index contributed by atoms with van der Waals surface area (Å²) in [7, 11) is 3.68. The molecule has 10 heteroatoms. The number of amides is 1. The van der Waals surface area contributed by atoms with Crippen LogP contribution in [0.5, 0.6) is 5.75 Å². The Morgan fingerprint density at radius 2 is 1.95 bits per heavy atom. The van der Waals surface area contributed by atoms with Gasteiger partial charge in [0.2, 0.25) is 0 Å². The predicted molar refractivity (Wildman–Crippen MR) is 173 cm³/mol. The van der Waals surface area contributed by atoms with E-state index in [2.05, 4.69) is 43.4 Å². The number of benzene rings is 1. The minimum absolute atomic E-state index is 0.0769. The molecular weight excluding hydrogens is 574 g/mol. The molecule has 9 nitrogen and oxygen atoms in total. The van der Waals surface area contributed by atoms with Crippen molar-refractivity contribution in [3.63, 3.8) is 0 Å². The summed E-state index contributed by atoms with van der Waals surface area (Å²) in [5, 5.41) is 5.00. The van der Waals surface area contributed by atoms with Gasteiger partial charge in [-0.05, 0) is 86.8 Å². The van der Waals surface area contributed by atoms with Crippen LogP contribution in [-0.4, -0.2) is 54.6 Å². The van der Waals surface area contributed by atoms with Crippen molar-refractivity contribution in [2.24, 2.45) is 24.8 Å². The maximum atomic E-state index is 13.8. The second-order valence-corrected chi connectivity index (χ2v) is 13.2. The Morgan fingerprint density at radius 3 is 2.68 bits per heavy atom. The van der Waals surface area contributed by atoms with Crippen LogP contribution in [0.3, 0.4) is 0 Å². The van der Waals surface area contributed by atoms with E-state index in [4.69, 9.17) is 26.3 Å². The van der Waals surface area contributed by atoms with Gasteiger partial charge in [-0.25, -0.2) is 9.97 Å². The van der Waals surface area contributed by atoms with Gasteiger partial charge in [0, 0.05) is 43.3 Å². The minimum Gasteiger partial charge on any atom is -0.494 e. The Morgan fingerprint density at radius 1 is 1.11 bits per heavy atom. The number of fused-ring (bicyclic) bond motifs is 4. The molecule has 8 rings (SSSR count). The first-order chi connectivity index (χ1) is 21.3. The van der Waals surface area contributed by atoms with Crippen molar-refractivity contribution in [2.45, 2.75) is 52.1 Å². The van der Waals surface area contributed by atoms with E-state index in [0.717, 1.165) is 64.5 Å². The number of aryl methyl sites for hydroxylation is 2. The van der Waals surface area contributed by atoms with Crippen molar-refractivity contribution in [1.29, 1.82) is 0 Å². The van der Waals surface area contributed by atoms with Crippen molar-refractivity contribution in [3.8, 4) is 17.3 Å². The number of carbonyl (C=O) groups is 1. The summed E-state index contributed by atoms with van der Waals surface area (Å²) in [6.45, 7) is 5.88. The second-order valence-electron chi connectivity index (χ2n) is 12.8. The molecule has 1 amide bonds. The fourth-order valence-corrected chi connectivity index (χ4v) is 7.60. The van der Waals surface area contributed by atoms with Crippen LogP contribution < -0.4 is 10.1 Å². The molecule has 226 valence electrons. The number of hydrogen-bond acceptors (Lipinski definition) is 6. The lowest BCUT2D eigenvalue weighted by Crippen LogP contribution is -2.38.